The molecule has 14 heavy (non-hydrogen) atoms. The monoisotopic (exact) mass is 199 g/mol. The molecule has 0 saturated carbocycles. The van der Waals surface area contributed by atoms with E-state index in [-0.39, 0.29) is 17.3 Å². The Kier molecular flexibility index (Phi) is 4.40. The molecule has 0 aliphatic rings. The molecule has 0 atom stereocenters. The molecule has 5 heteroatoms. The zero-order valence-corrected chi connectivity index (χ0v) is 9.41. The molecule has 0 rings (SSSR count). The number of nitrogens with zero attached hydrogens (tertiary/aromatic N) is 2. The Morgan fingerprint density at radius 1 is 1.21 bits per heavy atom. The lowest BCUT2D eigenvalue weighted by molar-refractivity contribution is 0.262. The third-order valence-corrected chi connectivity index (χ3v) is 2.46. The summed E-state index contributed by atoms with van der Waals surface area (Å²) < 4.78 is 0. The van der Waals surface area contributed by atoms with Crippen LogP contribution >= 0.6 is 0 Å². The summed E-state index contributed by atoms with van der Waals surface area (Å²) in [7, 11) is 0. The number of guanidine groups is 2. The highest BCUT2D eigenvalue weighted by molar-refractivity contribution is 5.92. The maximum atomic E-state index is 5.48. The van der Waals surface area contributed by atoms with Crippen LogP contribution in [0, 0.1) is 11.3 Å². The topological polar surface area (TPSA) is 103 Å². The Morgan fingerprint density at radius 2 is 1.71 bits per heavy atom. The molecule has 0 heterocycles. The average molecular weight is 199 g/mol. The quantitative estimate of drug-likeness (QED) is 0.448. The molecule has 0 radical (unpaired) electrons. The maximum Gasteiger partial charge on any atom is 0.218 e. The molecular weight excluding hydrogens is 178 g/mol. The lowest BCUT2D eigenvalue weighted by atomic mass is 9.81. The average Bonchev–Trinajstić information content (AvgIpc) is 1.99. The fourth-order valence-corrected chi connectivity index (χ4v) is 0.635. The third-order valence-electron chi connectivity index (χ3n) is 2.46. The van der Waals surface area contributed by atoms with Gasteiger partial charge >= 0.3 is 0 Å². The van der Waals surface area contributed by atoms with E-state index in [1.54, 1.807) is 0 Å². The first-order valence-corrected chi connectivity index (χ1v) is 4.65. The highest BCUT2D eigenvalue weighted by atomic mass is 15.1. The number of nitrogens with two attached hydrogens (primary N) is 3. The normalized spacial score (nSPS) is 13.1. The Morgan fingerprint density at radius 3 is 2.07 bits per heavy atom. The standard InChI is InChI=1S/C9H21N5/c1-6(2)9(3,4)5-13-8(12)14-7(10)11/h6H,5H2,1-4H3,(H6,10,11,12,13,14). The summed E-state index contributed by atoms with van der Waals surface area (Å²) in [6.07, 6.45) is 0. The van der Waals surface area contributed by atoms with E-state index in [1.807, 2.05) is 0 Å². The summed E-state index contributed by atoms with van der Waals surface area (Å²) in [6, 6.07) is 0. The molecule has 0 aliphatic heterocycles. The predicted molar refractivity (Wildman–Crippen MR) is 60.9 cm³/mol. The zero-order chi connectivity index (χ0) is 11.4. The van der Waals surface area contributed by atoms with E-state index in [0.29, 0.717) is 12.5 Å². The zero-order valence-electron chi connectivity index (χ0n) is 9.41. The highest BCUT2D eigenvalue weighted by Crippen LogP contribution is 2.25. The summed E-state index contributed by atoms with van der Waals surface area (Å²) in [6.45, 7) is 9.17. The van der Waals surface area contributed by atoms with Crippen LogP contribution in [0.1, 0.15) is 27.7 Å². The molecule has 5 nitrogen and oxygen atoms in total. The number of hydrogen-bond donors (Lipinski definition) is 3. The van der Waals surface area contributed by atoms with Gasteiger partial charge < -0.3 is 17.2 Å². The van der Waals surface area contributed by atoms with Crippen LogP contribution in [0.5, 0.6) is 0 Å². The number of rotatable bonds is 3. The molecule has 0 aromatic heterocycles. The minimum atomic E-state index is -0.0615. The van der Waals surface area contributed by atoms with E-state index in [9.17, 15) is 0 Å². The Balaban J connectivity index is 4.36. The molecule has 6 N–H and O–H groups in total. The van der Waals surface area contributed by atoms with Crippen LogP contribution in [-0.4, -0.2) is 18.5 Å². The van der Waals surface area contributed by atoms with E-state index in [0.717, 1.165) is 0 Å². The van der Waals surface area contributed by atoms with E-state index in [4.69, 9.17) is 17.2 Å². The van der Waals surface area contributed by atoms with Crippen LogP contribution in [0.2, 0.25) is 0 Å². The lowest BCUT2D eigenvalue weighted by Gasteiger charge is -2.26. The smallest absolute Gasteiger partial charge is 0.218 e. The van der Waals surface area contributed by atoms with Gasteiger partial charge in [0.2, 0.25) is 5.96 Å². The van der Waals surface area contributed by atoms with Crippen molar-refractivity contribution >= 4 is 11.9 Å². The van der Waals surface area contributed by atoms with Crippen LogP contribution in [0.3, 0.4) is 0 Å². The predicted octanol–water partition coefficient (Wildman–Crippen LogP) is 0.257. The van der Waals surface area contributed by atoms with Crippen LogP contribution in [0.4, 0.5) is 0 Å². The van der Waals surface area contributed by atoms with E-state index >= 15 is 0 Å². The van der Waals surface area contributed by atoms with Crippen molar-refractivity contribution in [1.82, 2.24) is 0 Å². The first-order valence-electron chi connectivity index (χ1n) is 4.65. The van der Waals surface area contributed by atoms with Crippen molar-refractivity contribution in [3.05, 3.63) is 0 Å². The van der Waals surface area contributed by atoms with Crippen molar-refractivity contribution in [2.45, 2.75) is 27.7 Å². The molecule has 0 fully saturated rings. The van der Waals surface area contributed by atoms with Gasteiger partial charge in [-0.3, -0.25) is 4.99 Å². The minimum Gasteiger partial charge on any atom is -0.370 e. The van der Waals surface area contributed by atoms with Gasteiger partial charge in [-0.15, -0.1) is 0 Å². The summed E-state index contributed by atoms with van der Waals surface area (Å²) in [5.41, 5.74) is 15.9. The molecule has 0 unspecified atom stereocenters. The van der Waals surface area contributed by atoms with Crippen molar-refractivity contribution in [1.29, 1.82) is 0 Å². The number of hydrogen-bond acceptors (Lipinski definition) is 1. The van der Waals surface area contributed by atoms with Gasteiger partial charge in [0.25, 0.3) is 0 Å². The molecule has 82 valence electrons. The lowest BCUT2D eigenvalue weighted by Crippen LogP contribution is -2.28. The van der Waals surface area contributed by atoms with Crippen LogP contribution in [-0.2, 0) is 0 Å². The molecule has 0 bridgehead atoms. The van der Waals surface area contributed by atoms with Gasteiger partial charge in [-0.2, -0.15) is 4.99 Å². The van der Waals surface area contributed by atoms with Gasteiger partial charge in [-0.1, -0.05) is 27.7 Å². The SMILES string of the molecule is CC(C)C(C)(C)CN=C(N)N=C(N)N. The number of aliphatic imine (C=N–C) groups is 2. The van der Waals surface area contributed by atoms with Gasteiger partial charge in [-0.25, -0.2) is 0 Å². The van der Waals surface area contributed by atoms with Crippen molar-refractivity contribution in [3.63, 3.8) is 0 Å². The van der Waals surface area contributed by atoms with Crippen molar-refractivity contribution in [3.8, 4) is 0 Å². The van der Waals surface area contributed by atoms with Gasteiger partial charge in [0, 0.05) is 6.54 Å². The van der Waals surface area contributed by atoms with Crippen molar-refractivity contribution in [2.24, 2.45) is 38.5 Å². The van der Waals surface area contributed by atoms with Crippen molar-refractivity contribution < 1.29 is 0 Å². The summed E-state index contributed by atoms with van der Waals surface area (Å²) in [4.78, 5) is 7.74. The van der Waals surface area contributed by atoms with Crippen LogP contribution in [0.25, 0.3) is 0 Å². The largest absolute Gasteiger partial charge is 0.370 e. The second-order valence-corrected chi connectivity index (χ2v) is 4.35. The van der Waals surface area contributed by atoms with Gasteiger partial charge in [0.05, 0.1) is 0 Å². The first kappa shape index (κ1) is 12.7. The van der Waals surface area contributed by atoms with Crippen molar-refractivity contribution in [2.75, 3.05) is 6.54 Å². The second kappa shape index (κ2) is 4.83. The molecule has 0 aromatic carbocycles. The highest BCUT2D eigenvalue weighted by Gasteiger charge is 2.21. The Hall–Kier alpha value is -1.26. The molecule has 0 spiro atoms. The fourth-order valence-electron chi connectivity index (χ4n) is 0.635. The third kappa shape index (κ3) is 4.69. The Labute approximate surface area is 85.5 Å². The molecular formula is C9H21N5. The fraction of sp³-hybridized carbons (Fsp3) is 0.778. The van der Waals surface area contributed by atoms with Gasteiger partial charge in [-0.05, 0) is 11.3 Å². The van der Waals surface area contributed by atoms with E-state index in [2.05, 4.69) is 37.7 Å². The summed E-state index contributed by atoms with van der Waals surface area (Å²) >= 11 is 0. The van der Waals surface area contributed by atoms with Gasteiger partial charge in [0.1, 0.15) is 0 Å². The van der Waals surface area contributed by atoms with Crippen LogP contribution < -0.4 is 17.2 Å². The van der Waals surface area contributed by atoms with Gasteiger partial charge in [0.15, 0.2) is 5.96 Å². The minimum absolute atomic E-state index is 0.0615. The second-order valence-electron chi connectivity index (χ2n) is 4.35. The van der Waals surface area contributed by atoms with E-state index in [1.165, 1.54) is 0 Å². The molecule has 0 amide bonds. The van der Waals surface area contributed by atoms with E-state index < -0.39 is 0 Å². The Bertz CT molecular complexity index is 236. The molecule has 0 aromatic rings. The summed E-state index contributed by atoms with van der Waals surface area (Å²) in [5, 5.41) is 0. The van der Waals surface area contributed by atoms with Crippen LogP contribution in [0.15, 0.2) is 9.98 Å². The summed E-state index contributed by atoms with van der Waals surface area (Å²) in [5.74, 6) is 0.602. The molecule has 0 aliphatic carbocycles. The maximum absolute atomic E-state index is 5.48. The molecule has 0 saturated heterocycles. The first-order chi connectivity index (χ1) is 6.25.